The summed E-state index contributed by atoms with van der Waals surface area (Å²) in [4.78, 5) is 77.6. The van der Waals surface area contributed by atoms with Gasteiger partial charge >= 0.3 is 35.2 Å². The van der Waals surface area contributed by atoms with E-state index in [-0.39, 0.29) is 31.3 Å². The Morgan fingerprint density at radius 2 is 1.14 bits per heavy atom. The van der Waals surface area contributed by atoms with Crippen LogP contribution in [-0.4, -0.2) is 157 Å². The van der Waals surface area contributed by atoms with E-state index >= 15 is 0 Å². The standard InChI is InChI=1S/C10H26O8Si2.C9H20O5Si.C3H11NO3Si/c11-10(5-2-1-3-7-19(12,13)14)9-18-6-4-8-20(15,16)17;1-10-15(11-2,12-3)6-4-5-13-7-9-8-14-9;4-2-1-3-8(5,6)7/h10-17H,1-9H2;9H,4-8H2,1-3H3;5-7H,1-4H2. The van der Waals surface area contributed by atoms with Crippen molar-refractivity contribution in [2.24, 2.45) is 5.73 Å². The van der Waals surface area contributed by atoms with E-state index < -0.39 is 41.3 Å². The van der Waals surface area contributed by atoms with Crippen molar-refractivity contribution in [3.63, 3.8) is 0 Å². The molecule has 21 heteroatoms. The zero-order valence-corrected chi connectivity index (χ0v) is 29.7. The first-order valence-electron chi connectivity index (χ1n) is 14.2. The van der Waals surface area contributed by atoms with Crippen molar-refractivity contribution < 1.29 is 75.8 Å². The number of rotatable bonds is 24. The van der Waals surface area contributed by atoms with Gasteiger partial charge in [0, 0.05) is 58.7 Å². The molecular formula is C22H57NO16Si4. The lowest BCUT2D eigenvalue weighted by molar-refractivity contribution is 0.0306. The van der Waals surface area contributed by atoms with Gasteiger partial charge in [0.25, 0.3) is 0 Å². The molecule has 0 aromatic rings. The maximum absolute atomic E-state index is 9.56. The zero-order valence-electron chi connectivity index (χ0n) is 25.7. The third-order valence-corrected chi connectivity index (χ3v) is 11.7. The van der Waals surface area contributed by atoms with Crippen molar-refractivity contribution in [2.75, 3.05) is 60.9 Å². The molecule has 2 atom stereocenters. The maximum Gasteiger partial charge on any atom is 0.500 e. The van der Waals surface area contributed by atoms with Crippen LogP contribution >= 0.6 is 0 Å². The average Bonchev–Trinajstić information content (AvgIpc) is 3.73. The first-order valence-corrected chi connectivity index (χ1v) is 22.3. The van der Waals surface area contributed by atoms with Crippen LogP contribution in [0.15, 0.2) is 0 Å². The molecule has 1 heterocycles. The molecule has 1 rings (SSSR count). The van der Waals surface area contributed by atoms with Crippen molar-refractivity contribution >= 4 is 35.2 Å². The lowest BCUT2D eigenvalue weighted by Gasteiger charge is -2.24. The van der Waals surface area contributed by atoms with Crippen molar-refractivity contribution in [1.29, 1.82) is 0 Å². The highest BCUT2D eigenvalue weighted by atomic mass is 28.4. The van der Waals surface area contributed by atoms with Crippen molar-refractivity contribution in [2.45, 2.75) is 81.3 Å². The number of nitrogens with two attached hydrogens (primary N) is 1. The first-order chi connectivity index (χ1) is 19.9. The van der Waals surface area contributed by atoms with E-state index in [1.165, 1.54) is 0 Å². The molecule has 0 radical (unpaired) electrons. The summed E-state index contributed by atoms with van der Waals surface area (Å²) in [5.74, 6) is 0. The maximum atomic E-state index is 9.56. The molecule has 0 aromatic heterocycles. The third-order valence-electron chi connectivity index (χ3n) is 5.79. The summed E-state index contributed by atoms with van der Waals surface area (Å²) in [6.45, 7) is 2.99. The summed E-state index contributed by atoms with van der Waals surface area (Å²) < 4.78 is 31.4. The molecule has 1 aliphatic rings. The van der Waals surface area contributed by atoms with Crippen LogP contribution in [0, 0.1) is 0 Å². The molecule has 0 amide bonds. The second-order valence-electron chi connectivity index (χ2n) is 10.1. The summed E-state index contributed by atoms with van der Waals surface area (Å²) >= 11 is 0. The lowest BCUT2D eigenvalue weighted by Crippen LogP contribution is -2.42. The van der Waals surface area contributed by atoms with Gasteiger partial charge < -0.3 is 81.5 Å². The highest BCUT2D eigenvalue weighted by Gasteiger charge is 2.37. The molecule has 1 fully saturated rings. The number of ether oxygens (including phenoxy) is 3. The van der Waals surface area contributed by atoms with Crippen molar-refractivity contribution in [1.82, 2.24) is 0 Å². The van der Waals surface area contributed by atoms with Gasteiger partial charge in [0.2, 0.25) is 0 Å². The van der Waals surface area contributed by atoms with Gasteiger partial charge in [-0.2, -0.15) is 0 Å². The van der Waals surface area contributed by atoms with Crippen LogP contribution in [0.5, 0.6) is 0 Å². The molecule has 17 nitrogen and oxygen atoms in total. The molecule has 0 aromatic carbocycles. The predicted octanol–water partition coefficient (Wildman–Crippen LogP) is -2.93. The van der Waals surface area contributed by atoms with E-state index in [0.717, 1.165) is 19.1 Å². The quantitative estimate of drug-likeness (QED) is 0.0272. The molecule has 1 saturated heterocycles. The molecule has 262 valence electrons. The van der Waals surface area contributed by atoms with Gasteiger partial charge in [-0.25, -0.2) is 0 Å². The highest BCUT2D eigenvalue weighted by Crippen LogP contribution is 2.16. The summed E-state index contributed by atoms with van der Waals surface area (Å²) in [5, 5.41) is 9.56. The van der Waals surface area contributed by atoms with E-state index in [1.807, 2.05) is 0 Å². The Labute approximate surface area is 258 Å². The van der Waals surface area contributed by atoms with Gasteiger partial charge in [-0.1, -0.05) is 12.8 Å². The second-order valence-corrected chi connectivity index (χ2v) is 19.3. The Hall–Kier alpha value is 0.188. The molecule has 0 bridgehead atoms. The first kappa shape index (κ1) is 45.3. The van der Waals surface area contributed by atoms with E-state index in [0.29, 0.717) is 64.4 Å². The topological polar surface area (TPSA) is 287 Å². The zero-order chi connectivity index (χ0) is 33.4. The predicted molar refractivity (Wildman–Crippen MR) is 162 cm³/mol. The minimum absolute atomic E-state index is 0.00864. The van der Waals surface area contributed by atoms with Crippen LogP contribution in [0.4, 0.5) is 0 Å². The number of unbranched alkanes of at least 4 members (excludes halogenated alkanes) is 2. The summed E-state index contributed by atoms with van der Waals surface area (Å²) in [6.07, 6.45) is 3.75. The minimum Gasteiger partial charge on any atom is -0.391 e. The molecule has 0 saturated carbocycles. The van der Waals surface area contributed by atoms with E-state index in [9.17, 15) is 5.11 Å². The van der Waals surface area contributed by atoms with E-state index in [2.05, 4.69) is 0 Å². The minimum atomic E-state index is -3.98. The molecule has 0 aliphatic carbocycles. The highest BCUT2D eigenvalue weighted by molar-refractivity contribution is 6.60. The average molecular weight is 704 g/mol. The normalized spacial score (nSPS) is 16.2. The smallest absolute Gasteiger partial charge is 0.391 e. The number of hydrogen-bond donors (Lipinski definition) is 11. The van der Waals surface area contributed by atoms with Crippen LogP contribution in [-0.2, 0) is 27.5 Å². The monoisotopic (exact) mass is 703 g/mol. The second kappa shape index (κ2) is 25.3. The molecule has 1 aliphatic heterocycles. The largest absolute Gasteiger partial charge is 0.500 e. The Balaban J connectivity index is 0. The molecular weight excluding hydrogens is 647 g/mol. The lowest BCUT2D eigenvalue weighted by atomic mass is 10.1. The van der Waals surface area contributed by atoms with Crippen LogP contribution in [0.1, 0.15) is 44.9 Å². The van der Waals surface area contributed by atoms with Gasteiger partial charge in [0.1, 0.15) is 6.10 Å². The SMILES string of the molecule is CO[Si](CCCOCC1CO1)(OC)OC.NCCC[Si](O)(O)O.OC(CCCCC[Si](O)(O)O)COCCC[Si](O)(O)O. The van der Waals surface area contributed by atoms with Gasteiger partial charge in [0.15, 0.2) is 0 Å². The van der Waals surface area contributed by atoms with Crippen LogP contribution in [0.25, 0.3) is 0 Å². The number of aliphatic hydroxyl groups is 1. The van der Waals surface area contributed by atoms with Crippen LogP contribution in [0.2, 0.25) is 24.2 Å². The Bertz CT molecular complexity index is 600. The Kier molecular flexibility index (Phi) is 26.7. The molecule has 0 spiro atoms. The number of epoxide rings is 1. The molecule has 12 N–H and O–H groups in total. The van der Waals surface area contributed by atoms with Crippen LogP contribution in [0.3, 0.4) is 0 Å². The summed E-state index contributed by atoms with van der Waals surface area (Å²) in [6, 6.07) is 0.748. The van der Waals surface area contributed by atoms with Crippen molar-refractivity contribution in [3.8, 4) is 0 Å². The number of aliphatic hydroxyl groups excluding tert-OH is 1. The summed E-state index contributed by atoms with van der Waals surface area (Å²) in [7, 11) is -9.18. The molecule has 43 heavy (non-hydrogen) atoms. The third kappa shape index (κ3) is 34.9. The van der Waals surface area contributed by atoms with Gasteiger partial charge in [-0.3, -0.25) is 0 Å². The fourth-order valence-electron chi connectivity index (χ4n) is 3.30. The number of hydrogen-bond acceptors (Lipinski definition) is 17. The summed E-state index contributed by atoms with van der Waals surface area (Å²) in [5.41, 5.74) is 5.02. The molecule has 2 unspecified atom stereocenters. The van der Waals surface area contributed by atoms with Gasteiger partial charge in [-0.15, -0.1) is 0 Å². The van der Waals surface area contributed by atoms with Crippen molar-refractivity contribution in [3.05, 3.63) is 0 Å². The Morgan fingerprint density at radius 3 is 1.58 bits per heavy atom. The van der Waals surface area contributed by atoms with E-state index in [1.54, 1.807) is 21.3 Å². The fourth-order valence-corrected chi connectivity index (χ4v) is 7.01. The van der Waals surface area contributed by atoms with Gasteiger partial charge in [0.05, 0.1) is 25.9 Å². The Morgan fingerprint density at radius 1 is 0.674 bits per heavy atom. The fraction of sp³-hybridized carbons (Fsp3) is 1.00. The van der Waals surface area contributed by atoms with Crippen LogP contribution < -0.4 is 5.73 Å². The van der Waals surface area contributed by atoms with Gasteiger partial charge in [-0.05, 0) is 38.6 Å². The van der Waals surface area contributed by atoms with E-state index in [4.69, 9.17) is 76.4 Å².